The Kier molecular flexibility index (Phi) is 12.8. The zero-order valence-electron chi connectivity index (χ0n) is 45.0. The van der Waals surface area contributed by atoms with Crippen LogP contribution in [0.3, 0.4) is 0 Å². The predicted molar refractivity (Wildman–Crippen MR) is 321 cm³/mol. The Balaban J connectivity index is 0.787. The fourth-order valence-electron chi connectivity index (χ4n) is 15.1. The van der Waals surface area contributed by atoms with Crippen molar-refractivity contribution in [2.24, 2.45) is 0 Å². The average molecular weight is 1040 g/mol. The van der Waals surface area contributed by atoms with Gasteiger partial charge >= 0.3 is 11.9 Å². The molecule has 10 aromatic rings. The third-order valence-corrected chi connectivity index (χ3v) is 18.5. The van der Waals surface area contributed by atoms with Crippen molar-refractivity contribution in [1.82, 2.24) is 0 Å². The number of fused-ring (bicyclic) bond motifs is 12. The molecule has 80 heavy (non-hydrogen) atoms. The zero-order chi connectivity index (χ0) is 53.6. The first-order chi connectivity index (χ1) is 39.5. The second-order valence-corrected chi connectivity index (χ2v) is 22.5. The van der Waals surface area contributed by atoms with Gasteiger partial charge in [-0.1, -0.05) is 218 Å². The zero-order valence-corrected chi connectivity index (χ0v) is 45.0. The van der Waals surface area contributed by atoms with Gasteiger partial charge in [0, 0.05) is 35.5 Å². The van der Waals surface area contributed by atoms with E-state index in [1.54, 1.807) is 0 Å². The van der Waals surface area contributed by atoms with Crippen LogP contribution in [0, 0.1) is 0 Å². The van der Waals surface area contributed by atoms with Gasteiger partial charge in [-0.2, -0.15) is 0 Å². The summed E-state index contributed by atoms with van der Waals surface area (Å²) in [5, 5.41) is 0. The van der Waals surface area contributed by atoms with Crippen molar-refractivity contribution in [3.8, 4) is 56.0 Å². The second-order valence-electron chi connectivity index (χ2n) is 22.5. The number of rotatable bonds is 17. The molecule has 0 fully saturated rings. The van der Waals surface area contributed by atoms with Crippen LogP contribution < -0.4 is 9.47 Å². The van der Waals surface area contributed by atoms with Gasteiger partial charge < -0.3 is 9.47 Å². The molecule has 4 nitrogen and oxygen atoms in total. The summed E-state index contributed by atoms with van der Waals surface area (Å²) >= 11 is 0. The van der Waals surface area contributed by atoms with Gasteiger partial charge in [-0.3, -0.25) is 9.59 Å². The van der Waals surface area contributed by atoms with Crippen LogP contribution in [0.4, 0.5) is 0 Å². The van der Waals surface area contributed by atoms with Crippen molar-refractivity contribution in [1.29, 1.82) is 0 Å². The first-order valence-electron chi connectivity index (χ1n) is 28.8. The highest BCUT2D eigenvalue weighted by atomic mass is 16.5. The average Bonchev–Trinajstić information content (AvgIpc) is 4.26. The van der Waals surface area contributed by atoms with Crippen LogP contribution in [0.5, 0.6) is 11.5 Å². The number of benzene rings is 10. The molecule has 14 rings (SSSR count). The Morgan fingerprint density at radius 3 is 1.00 bits per heavy atom. The molecule has 0 aromatic heterocycles. The minimum absolute atomic E-state index is 0.207. The van der Waals surface area contributed by atoms with Crippen LogP contribution in [0.25, 0.3) is 44.5 Å². The maximum atomic E-state index is 13.8. The molecule has 10 aromatic carbocycles. The van der Waals surface area contributed by atoms with Gasteiger partial charge in [0.15, 0.2) is 0 Å². The van der Waals surface area contributed by atoms with E-state index in [-0.39, 0.29) is 34.6 Å². The largest absolute Gasteiger partial charge is 0.427 e. The summed E-state index contributed by atoms with van der Waals surface area (Å²) in [6.07, 6.45) is 7.32. The van der Waals surface area contributed by atoms with Crippen LogP contribution in [-0.4, -0.2) is 11.9 Å². The van der Waals surface area contributed by atoms with E-state index in [0.717, 1.165) is 38.5 Å². The van der Waals surface area contributed by atoms with Crippen molar-refractivity contribution >= 4 is 11.9 Å². The fourth-order valence-corrected chi connectivity index (χ4v) is 15.1. The summed E-state index contributed by atoms with van der Waals surface area (Å²) < 4.78 is 11.9. The molecule has 2 unspecified atom stereocenters. The minimum Gasteiger partial charge on any atom is -0.427 e. The monoisotopic (exact) mass is 1040 g/mol. The topological polar surface area (TPSA) is 52.6 Å². The van der Waals surface area contributed by atoms with Gasteiger partial charge in [-0.05, 0) is 176 Å². The van der Waals surface area contributed by atoms with Crippen LogP contribution in [0.1, 0.15) is 119 Å². The number of esters is 2. The molecular weight excluding hydrogens is 977 g/mol. The Morgan fingerprint density at radius 2 is 0.625 bits per heavy atom. The molecule has 4 aliphatic carbocycles. The predicted octanol–water partition coefficient (Wildman–Crippen LogP) is 18.0. The number of carbonyl (C=O) groups is 2. The SMILES string of the molecule is O=C(CCC1(CCc2cccc3c2C(CCC2c4ccccc4-c4cccc(CCC5(CCC(=O)Oc6ccccc6)c6ccccc6-c6ccccc65)c42)c2ccccc2-3)c2ccccc2-c2ccccc21)Oc1ccccc1. The second kappa shape index (κ2) is 20.7. The van der Waals surface area contributed by atoms with Crippen LogP contribution in [0.15, 0.2) is 243 Å². The van der Waals surface area contributed by atoms with Crippen molar-refractivity contribution in [3.05, 3.63) is 298 Å². The molecule has 0 saturated carbocycles. The number of para-hydroxylation sites is 2. The number of aryl methyl sites for hydroxylation is 2. The lowest BCUT2D eigenvalue weighted by molar-refractivity contribution is -0.135. The van der Waals surface area contributed by atoms with E-state index >= 15 is 0 Å². The molecule has 4 aliphatic rings. The molecule has 4 heteroatoms. The summed E-state index contributed by atoms with van der Waals surface area (Å²) in [5.41, 5.74) is 23.4. The highest BCUT2D eigenvalue weighted by Crippen LogP contribution is 2.58. The maximum Gasteiger partial charge on any atom is 0.311 e. The highest BCUT2D eigenvalue weighted by Gasteiger charge is 2.45. The highest BCUT2D eigenvalue weighted by molar-refractivity contribution is 5.85. The van der Waals surface area contributed by atoms with Gasteiger partial charge in [0.2, 0.25) is 0 Å². The number of hydrogen-bond acceptors (Lipinski definition) is 4. The molecule has 0 radical (unpaired) electrons. The Hall–Kier alpha value is -8.86. The maximum absolute atomic E-state index is 13.8. The molecule has 0 spiro atoms. The number of hydrogen-bond donors (Lipinski definition) is 0. The van der Waals surface area contributed by atoms with E-state index < -0.39 is 0 Å². The van der Waals surface area contributed by atoms with Gasteiger partial charge in [-0.15, -0.1) is 0 Å². The van der Waals surface area contributed by atoms with Crippen LogP contribution >= 0.6 is 0 Å². The van der Waals surface area contributed by atoms with E-state index in [0.29, 0.717) is 37.2 Å². The summed E-state index contributed by atoms with van der Waals surface area (Å²) in [7, 11) is 0. The molecule has 0 saturated heterocycles. The van der Waals surface area contributed by atoms with Crippen molar-refractivity contribution in [2.75, 3.05) is 0 Å². The Morgan fingerprint density at radius 1 is 0.312 bits per heavy atom. The summed E-state index contributed by atoms with van der Waals surface area (Å²) in [4.78, 5) is 27.5. The fraction of sp³-hybridized carbons (Fsp3) is 0.184. The van der Waals surface area contributed by atoms with Crippen LogP contribution in [-0.2, 0) is 33.3 Å². The van der Waals surface area contributed by atoms with Crippen LogP contribution in [0.2, 0.25) is 0 Å². The first kappa shape index (κ1) is 49.4. The van der Waals surface area contributed by atoms with Gasteiger partial charge in [0.05, 0.1) is 0 Å². The molecule has 390 valence electrons. The molecule has 0 bridgehead atoms. The molecule has 0 amide bonds. The lowest BCUT2D eigenvalue weighted by Crippen LogP contribution is -2.28. The smallest absolute Gasteiger partial charge is 0.311 e. The van der Waals surface area contributed by atoms with E-state index in [9.17, 15) is 9.59 Å². The lowest BCUT2D eigenvalue weighted by Gasteiger charge is -2.33. The lowest BCUT2D eigenvalue weighted by atomic mass is 9.70. The van der Waals surface area contributed by atoms with Gasteiger partial charge in [0.1, 0.15) is 11.5 Å². The van der Waals surface area contributed by atoms with E-state index in [1.165, 1.54) is 100 Å². The number of carbonyl (C=O) groups excluding carboxylic acids is 2. The third kappa shape index (κ3) is 8.52. The van der Waals surface area contributed by atoms with Crippen molar-refractivity contribution in [3.63, 3.8) is 0 Å². The summed E-state index contributed by atoms with van der Waals surface area (Å²) in [6, 6.07) is 86.6. The molecule has 2 atom stereocenters. The molecule has 0 N–H and O–H groups in total. The van der Waals surface area contributed by atoms with E-state index in [4.69, 9.17) is 9.47 Å². The Bertz CT molecular complexity index is 3630. The number of ether oxygens (including phenoxy) is 2. The van der Waals surface area contributed by atoms with E-state index in [2.05, 4.69) is 182 Å². The van der Waals surface area contributed by atoms with Gasteiger partial charge in [0.25, 0.3) is 0 Å². The normalized spacial score (nSPS) is 15.8. The summed E-state index contributed by atoms with van der Waals surface area (Å²) in [5.74, 6) is 1.17. The van der Waals surface area contributed by atoms with Crippen molar-refractivity contribution in [2.45, 2.75) is 86.9 Å². The quantitative estimate of drug-likeness (QED) is 0.0674. The first-order valence-corrected chi connectivity index (χ1v) is 28.8. The van der Waals surface area contributed by atoms with E-state index in [1.807, 2.05) is 60.7 Å². The van der Waals surface area contributed by atoms with Crippen molar-refractivity contribution < 1.29 is 19.1 Å². The molecular formula is C76H62O4. The molecule has 0 aliphatic heterocycles. The molecule has 0 heterocycles. The third-order valence-electron chi connectivity index (χ3n) is 18.5. The minimum atomic E-state index is -0.382. The van der Waals surface area contributed by atoms with Gasteiger partial charge in [-0.25, -0.2) is 0 Å². The Labute approximate surface area is 469 Å². The summed E-state index contributed by atoms with van der Waals surface area (Å²) in [6.45, 7) is 0. The standard InChI is InChI=1S/C76H62O4/c77-71(79-53-23-3-1-4-24-53)45-49-75(67-37-15-11-31-59(67)60-32-12-16-38-68(60)75)47-43-51-21-19-35-63-55-27-7-9-29-57(55)65(73(51)63)41-42-66-58-30-10-8-28-56(58)64-36-20-22-52(74(64)66)44-48-76(50-46-72(78)80-54-25-5-2-6-26-54)69-39-17-13-33-61(69)62-34-14-18-40-70(62)76/h1-40,65-66H,41-50H2.